The van der Waals surface area contributed by atoms with Crippen LogP contribution in [-0.2, 0) is 97.8 Å². The molecule has 49 valence electrons. The van der Waals surface area contributed by atoms with E-state index in [4.69, 9.17) is 0 Å². The van der Waals surface area contributed by atoms with Crippen LogP contribution in [0.3, 0.4) is 0 Å². The first-order valence-electron chi connectivity index (χ1n) is 0. The molecule has 6 heavy (non-hydrogen) atoms. The van der Waals surface area contributed by atoms with E-state index in [1.54, 1.807) is 0 Å². The monoisotopic (exact) mass is 609 g/mol. The van der Waals surface area contributed by atoms with Crippen molar-refractivity contribution in [3.05, 3.63) is 0 Å². The van der Waals surface area contributed by atoms with Gasteiger partial charge in [-0.3, -0.25) is 0 Å². The molecule has 6 heteroatoms. The van der Waals surface area contributed by atoms with Gasteiger partial charge in [-0.1, -0.05) is 0 Å². The second-order valence-electron chi connectivity index (χ2n) is 0. The van der Waals surface area contributed by atoms with Crippen molar-refractivity contribution in [1.82, 2.24) is 0 Å². The molecule has 0 aromatic heterocycles. The van der Waals surface area contributed by atoms with Crippen LogP contribution in [0.5, 0.6) is 0 Å². The average molecular weight is 611 g/mol. The minimum Gasteiger partial charge on any atom is 0 e. The van der Waals surface area contributed by atoms with Crippen LogP contribution in [0.25, 0.3) is 0 Å². The van der Waals surface area contributed by atoms with Crippen molar-refractivity contribution in [3.8, 4) is 0 Å². The fourth-order valence-electron chi connectivity index (χ4n) is 0. The summed E-state index contributed by atoms with van der Waals surface area (Å²) in [6, 6.07) is 0. The molecule has 0 saturated heterocycles. The van der Waals surface area contributed by atoms with E-state index in [0.717, 1.165) is 0 Å². The molecule has 0 saturated carbocycles. The minimum absolute atomic E-state index is 0. The van der Waals surface area contributed by atoms with Crippen LogP contribution in [0.4, 0.5) is 0 Å². The second-order valence-corrected chi connectivity index (χ2v) is 0. The molecule has 0 aromatic carbocycles. The van der Waals surface area contributed by atoms with Gasteiger partial charge >= 0.3 is 0 Å². The van der Waals surface area contributed by atoms with E-state index >= 15 is 0 Å². The number of rotatable bonds is 0. The van der Waals surface area contributed by atoms with Gasteiger partial charge in [-0.15, -0.1) is 0 Å². The summed E-state index contributed by atoms with van der Waals surface area (Å²) in [5, 5.41) is 0. The van der Waals surface area contributed by atoms with Gasteiger partial charge in [0.2, 0.25) is 0 Å². The first-order valence-corrected chi connectivity index (χ1v) is 0. The van der Waals surface area contributed by atoms with Crippen LogP contribution in [0, 0.1) is 0 Å². The van der Waals surface area contributed by atoms with Crippen LogP contribution in [-0.4, -0.2) is 23.9 Å². The van der Waals surface area contributed by atoms with Crippen molar-refractivity contribution in [2.24, 2.45) is 0 Å². The molecule has 0 atom stereocenters. The molecule has 0 aliphatic carbocycles. The Hall–Kier alpha value is 3.92. The van der Waals surface area contributed by atoms with Crippen molar-refractivity contribution >= 4 is 23.9 Å². The SMILES string of the molecule is [Ag].[Au].[Cu].[Ni].[Sn].[Zn]. The van der Waals surface area contributed by atoms with Gasteiger partial charge in [-0.2, -0.15) is 0 Å². The molecule has 0 N–H and O–H groups in total. The number of hydrogen-bond acceptors (Lipinski definition) is 0. The van der Waals surface area contributed by atoms with Crippen molar-refractivity contribution in [1.29, 1.82) is 0 Å². The molecule has 0 aromatic rings. The van der Waals surface area contributed by atoms with Gasteiger partial charge in [0.15, 0.2) is 0 Å². The quantitative estimate of drug-likeness (QED) is 0.328. The van der Waals surface area contributed by atoms with Crippen molar-refractivity contribution in [2.45, 2.75) is 0 Å². The molecule has 0 heterocycles. The van der Waals surface area contributed by atoms with Gasteiger partial charge in [0.1, 0.15) is 0 Å². The normalized spacial score (nSPS) is 0. The topological polar surface area (TPSA) is 0 Å². The Kier molecular flexibility index (Phi) is 312. The Labute approximate surface area is 119 Å². The van der Waals surface area contributed by atoms with Gasteiger partial charge < -0.3 is 0 Å². The van der Waals surface area contributed by atoms with Gasteiger partial charge in [-0.05, 0) is 0 Å². The van der Waals surface area contributed by atoms with Gasteiger partial charge in [0.25, 0.3) is 0 Å². The maximum absolute atomic E-state index is 0. The third kappa shape index (κ3) is 24.7. The standard InChI is InChI=1S/Ag.Au.Cu.Ni.Sn.Zn. The van der Waals surface area contributed by atoms with Crippen LogP contribution >= 0.6 is 0 Å². The Morgan fingerprint density at radius 3 is 1.00 bits per heavy atom. The van der Waals surface area contributed by atoms with E-state index < -0.39 is 0 Å². The van der Waals surface area contributed by atoms with Gasteiger partial charge in [-0.25, -0.2) is 0 Å². The fraction of sp³-hybridized carbons (Fsp3) is 0. The Morgan fingerprint density at radius 2 is 1.00 bits per heavy atom. The van der Waals surface area contributed by atoms with Crippen LogP contribution < -0.4 is 0 Å². The zero-order valence-electron chi connectivity index (χ0n) is 2.43. The molecule has 0 fully saturated rings. The second kappa shape index (κ2) is 36.4. The molecule has 0 aliphatic heterocycles. The van der Waals surface area contributed by atoms with Crippen molar-refractivity contribution in [2.75, 3.05) is 0 Å². The molecule has 0 rings (SSSR count). The van der Waals surface area contributed by atoms with E-state index in [-0.39, 0.29) is 122 Å². The molecule has 0 nitrogen and oxygen atoms in total. The Bertz CT molecular complexity index is 15.5. The maximum atomic E-state index is 0. The summed E-state index contributed by atoms with van der Waals surface area (Å²) in [6.07, 6.45) is 0. The van der Waals surface area contributed by atoms with E-state index in [1.807, 2.05) is 0 Å². The smallest absolute Gasteiger partial charge is 0 e. The zero-order valence-corrected chi connectivity index (χ0v) is 13.8. The first kappa shape index (κ1) is 51.4. The van der Waals surface area contributed by atoms with Crippen LogP contribution in [0.2, 0.25) is 0 Å². The summed E-state index contributed by atoms with van der Waals surface area (Å²) in [4.78, 5) is 0. The summed E-state index contributed by atoms with van der Waals surface area (Å²) in [6.45, 7) is 0. The van der Waals surface area contributed by atoms with Crippen molar-refractivity contribution in [3.63, 3.8) is 0 Å². The molecule has 7 radical (unpaired) electrons. The molecular formula is AgAuCuNiSnZn. The number of hydrogen-bond donors (Lipinski definition) is 0. The summed E-state index contributed by atoms with van der Waals surface area (Å²) < 4.78 is 0. The third-order valence-electron chi connectivity index (χ3n) is 0. The maximum Gasteiger partial charge on any atom is 0 e. The minimum atomic E-state index is 0. The molecule has 0 amide bonds. The Balaban J connectivity index is 0. The molecule has 0 bridgehead atoms. The summed E-state index contributed by atoms with van der Waals surface area (Å²) in [5.74, 6) is 0. The first-order chi connectivity index (χ1) is 0. The van der Waals surface area contributed by atoms with Crippen LogP contribution in [0.1, 0.15) is 0 Å². The van der Waals surface area contributed by atoms with Gasteiger partial charge in [0, 0.05) is 122 Å². The predicted molar refractivity (Wildman–Crippen MR) is 5.75 cm³/mol. The molecule has 0 unspecified atom stereocenters. The van der Waals surface area contributed by atoms with Gasteiger partial charge in [0.05, 0.1) is 0 Å². The molecular weight excluding hydrogens is 611 g/mol. The summed E-state index contributed by atoms with van der Waals surface area (Å²) in [5.41, 5.74) is 0. The fourth-order valence-corrected chi connectivity index (χ4v) is 0. The third-order valence-corrected chi connectivity index (χ3v) is 0. The van der Waals surface area contributed by atoms with Crippen molar-refractivity contribution < 1.29 is 97.8 Å². The largest absolute Gasteiger partial charge is 0 e. The predicted octanol–water partition coefficient (Wildman–Crippen LogP) is -0.393. The Morgan fingerprint density at radius 1 is 1.00 bits per heavy atom. The van der Waals surface area contributed by atoms with Crippen LogP contribution in [0.15, 0.2) is 0 Å². The zero-order chi connectivity index (χ0) is 0. The molecule has 0 aliphatic rings. The van der Waals surface area contributed by atoms with E-state index in [9.17, 15) is 0 Å². The summed E-state index contributed by atoms with van der Waals surface area (Å²) in [7, 11) is 0. The van der Waals surface area contributed by atoms with E-state index in [2.05, 4.69) is 0 Å². The van der Waals surface area contributed by atoms with E-state index in [0.29, 0.717) is 0 Å². The average Bonchev–Trinajstić information content (AvgIpc) is 0. The molecule has 0 spiro atoms. The summed E-state index contributed by atoms with van der Waals surface area (Å²) >= 11 is 0. The van der Waals surface area contributed by atoms with E-state index in [1.165, 1.54) is 0 Å².